The van der Waals surface area contributed by atoms with Gasteiger partial charge in [0.1, 0.15) is 11.8 Å². The van der Waals surface area contributed by atoms with Crippen LogP contribution in [0, 0.1) is 0 Å². The summed E-state index contributed by atoms with van der Waals surface area (Å²) < 4.78 is 16.8. The second kappa shape index (κ2) is 7.81. The molecule has 6 heteroatoms. The molecule has 2 unspecified atom stereocenters. The van der Waals surface area contributed by atoms with Crippen molar-refractivity contribution in [2.75, 3.05) is 27.4 Å². The topological polar surface area (TPSA) is 43.6 Å². The Balaban J connectivity index is 2.08. The average molecular weight is 316 g/mol. The van der Waals surface area contributed by atoms with Gasteiger partial charge in [-0.1, -0.05) is 11.6 Å². The molecule has 2 heterocycles. The van der Waals surface area contributed by atoms with Gasteiger partial charge in [0.25, 0.3) is 0 Å². The van der Waals surface area contributed by atoms with E-state index in [4.69, 9.17) is 25.5 Å². The monoisotopic (exact) mass is 315 g/mol. The van der Waals surface area contributed by atoms with Crippen LogP contribution in [-0.4, -0.2) is 33.5 Å². The number of ether oxygens (including phenoxy) is 2. The molecule has 2 rings (SSSR count). The standard InChI is InChI=1S/C14H18ClNO3S/c1-17-9-10(18-2)8-16-14(11-4-3-7-19-11)12-5-6-13(15)20-12/h3-7,10,14,16H,8-9H2,1-2H3. The van der Waals surface area contributed by atoms with E-state index >= 15 is 0 Å². The predicted octanol–water partition coefficient (Wildman–Crippen LogP) is 3.33. The van der Waals surface area contributed by atoms with Crippen molar-refractivity contribution < 1.29 is 13.9 Å². The molecule has 20 heavy (non-hydrogen) atoms. The molecule has 110 valence electrons. The zero-order valence-electron chi connectivity index (χ0n) is 11.5. The molecule has 0 aromatic carbocycles. The molecule has 0 radical (unpaired) electrons. The maximum Gasteiger partial charge on any atom is 0.126 e. The predicted molar refractivity (Wildman–Crippen MR) is 80.6 cm³/mol. The van der Waals surface area contributed by atoms with E-state index in [-0.39, 0.29) is 12.1 Å². The van der Waals surface area contributed by atoms with E-state index < -0.39 is 0 Å². The molecule has 0 spiro atoms. The van der Waals surface area contributed by atoms with Gasteiger partial charge in [0, 0.05) is 25.6 Å². The zero-order chi connectivity index (χ0) is 14.4. The minimum atomic E-state index is -0.0305. The number of hydrogen-bond donors (Lipinski definition) is 1. The summed E-state index contributed by atoms with van der Waals surface area (Å²) in [6.45, 7) is 1.20. The van der Waals surface area contributed by atoms with Crippen LogP contribution >= 0.6 is 22.9 Å². The highest BCUT2D eigenvalue weighted by Gasteiger charge is 2.20. The van der Waals surface area contributed by atoms with Crippen LogP contribution in [0.1, 0.15) is 16.7 Å². The molecule has 4 nitrogen and oxygen atoms in total. The average Bonchev–Trinajstić information content (AvgIpc) is 3.10. The van der Waals surface area contributed by atoms with Gasteiger partial charge in [-0.15, -0.1) is 11.3 Å². The fraction of sp³-hybridized carbons (Fsp3) is 0.429. The van der Waals surface area contributed by atoms with Gasteiger partial charge < -0.3 is 19.2 Å². The number of nitrogens with one attached hydrogen (secondary N) is 1. The van der Waals surface area contributed by atoms with Crippen molar-refractivity contribution in [2.45, 2.75) is 12.1 Å². The third-order valence-corrected chi connectivity index (χ3v) is 4.24. The number of rotatable bonds is 8. The lowest BCUT2D eigenvalue weighted by molar-refractivity contribution is 0.0277. The van der Waals surface area contributed by atoms with Gasteiger partial charge in [0.2, 0.25) is 0 Å². The second-order valence-corrected chi connectivity index (χ2v) is 6.06. The lowest BCUT2D eigenvalue weighted by Gasteiger charge is -2.20. The van der Waals surface area contributed by atoms with Crippen molar-refractivity contribution in [3.63, 3.8) is 0 Å². The normalized spacial score (nSPS) is 14.3. The molecule has 2 atom stereocenters. The van der Waals surface area contributed by atoms with Gasteiger partial charge in [-0.2, -0.15) is 0 Å². The smallest absolute Gasteiger partial charge is 0.126 e. The maximum absolute atomic E-state index is 6.02. The number of thiophene rings is 1. The Morgan fingerprint density at radius 2 is 2.20 bits per heavy atom. The van der Waals surface area contributed by atoms with E-state index in [0.717, 1.165) is 15.0 Å². The molecule has 0 fully saturated rings. The summed E-state index contributed by atoms with van der Waals surface area (Å²) in [7, 11) is 3.34. The lowest BCUT2D eigenvalue weighted by Crippen LogP contribution is -2.34. The van der Waals surface area contributed by atoms with E-state index in [9.17, 15) is 0 Å². The van der Waals surface area contributed by atoms with E-state index in [1.807, 2.05) is 24.3 Å². The number of halogens is 1. The van der Waals surface area contributed by atoms with Gasteiger partial charge >= 0.3 is 0 Å². The Hall–Kier alpha value is -0.850. The minimum absolute atomic E-state index is 0.00658. The van der Waals surface area contributed by atoms with Crippen LogP contribution < -0.4 is 5.32 Å². The summed E-state index contributed by atoms with van der Waals surface area (Å²) in [6, 6.07) is 7.69. The minimum Gasteiger partial charge on any atom is -0.467 e. The van der Waals surface area contributed by atoms with Crippen molar-refractivity contribution in [2.24, 2.45) is 0 Å². The highest BCUT2D eigenvalue weighted by molar-refractivity contribution is 7.16. The lowest BCUT2D eigenvalue weighted by atomic mass is 10.2. The molecule has 0 aliphatic heterocycles. The molecule has 2 aromatic rings. The molecular weight excluding hydrogens is 298 g/mol. The van der Waals surface area contributed by atoms with Crippen molar-refractivity contribution in [3.05, 3.63) is 45.5 Å². The summed E-state index contributed by atoms with van der Waals surface area (Å²) in [5.74, 6) is 0.857. The summed E-state index contributed by atoms with van der Waals surface area (Å²) in [6.07, 6.45) is 1.66. The molecule has 2 aromatic heterocycles. The number of methoxy groups -OCH3 is 2. The molecule has 0 saturated carbocycles. The van der Waals surface area contributed by atoms with E-state index in [1.165, 1.54) is 11.3 Å². The molecule has 1 N–H and O–H groups in total. The van der Waals surface area contributed by atoms with E-state index in [0.29, 0.717) is 13.2 Å². The Labute approximate surface area is 127 Å². The van der Waals surface area contributed by atoms with Crippen molar-refractivity contribution in [3.8, 4) is 0 Å². The molecular formula is C14H18ClNO3S. The quantitative estimate of drug-likeness (QED) is 0.811. The summed E-state index contributed by atoms with van der Waals surface area (Å²) in [5.41, 5.74) is 0. The molecule has 0 aliphatic carbocycles. The highest BCUT2D eigenvalue weighted by atomic mass is 35.5. The number of furan rings is 1. The van der Waals surface area contributed by atoms with Crippen LogP contribution in [0.2, 0.25) is 4.34 Å². The van der Waals surface area contributed by atoms with Crippen LogP contribution in [0.5, 0.6) is 0 Å². The molecule has 0 bridgehead atoms. The molecule has 0 aliphatic rings. The third-order valence-electron chi connectivity index (χ3n) is 2.94. The Bertz CT molecular complexity index is 500. The number of hydrogen-bond acceptors (Lipinski definition) is 5. The van der Waals surface area contributed by atoms with Gasteiger partial charge in [0.15, 0.2) is 0 Å². The summed E-state index contributed by atoms with van der Waals surface area (Å²) in [5, 5.41) is 3.44. The summed E-state index contributed by atoms with van der Waals surface area (Å²) >= 11 is 7.56. The van der Waals surface area contributed by atoms with Crippen LogP contribution in [0.4, 0.5) is 0 Å². The van der Waals surface area contributed by atoms with Crippen LogP contribution in [0.15, 0.2) is 34.9 Å². The molecule has 0 amide bonds. The maximum atomic E-state index is 6.02. The van der Waals surface area contributed by atoms with Crippen LogP contribution in [0.3, 0.4) is 0 Å². The van der Waals surface area contributed by atoms with E-state index in [2.05, 4.69) is 5.32 Å². The van der Waals surface area contributed by atoms with Crippen molar-refractivity contribution >= 4 is 22.9 Å². The van der Waals surface area contributed by atoms with E-state index in [1.54, 1.807) is 20.5 Å². The first kappa shape index (κ1) is 15.5. The van der Waals surface area contributed by atoms with Crippen LogP contribution in [-0.2, 0) is 9.47 Å². The molecule has 0 saturated heterocycles. The Kier molecular flexibility index (Phi) is 6.06. The fourth-order valence-electron chi connectivity index (χ4n) is 1.93. The largest absolute Gasteiger partial charge is 0.467 e. The van der Waals surface area contributed by atoms with Gasteiger partial charge in [-0.05, 0) is 24.3 Å². The Morgan fingerprint density at radius 3 is 2.75 bits per heavy atom. The second-order valence-electron chi connectivity index (χ2n) is 4.31. The third kappa shape index (κ3) is 4.07. The first-order chi connectivity index (χ1) is 9.74. The first-order valence-corrected chi connectivity index (χ1v) is 7.47. The van der Waals surface area contributed by atoms with Gasteiger partial charge in [-0.3, -0.25) is 0 Å². The highest BCUT2D eigenvalue weighted by Crippen LogP contribution is 2.31. The Morgan fingerprint density at radius 1 is 1.35 bits per heavy atom. The van der Waals surface area contributed by atoms with Crippen molar-refractivity contribution in [1.29, 1.82) is 0 Å². The van der Waals surface area contributed by atoms with Crippen LogP contribution in [0.25, 0.3) is 0 Å². The SMILES string of the molecule is COCC(CNC(c1ccco1)c1ccc(Cl)s1)OC. The van der Waals surface area contributed by atoms with Gasteiger partial charge in [0.05, 0.1) is 23.3 Å². The summed E-state index contributed by atoms with van der Waals surface area (Å²) in [4.78, 5) is 1.11. The fourth-order valence-corrected chi connectivity index (χ4v) is 3.07. The zero-order valence-corrected chi connectivity index (χ0v) is 13.0. The van der Waals surface area contributed by atoms with Gasteiger partial charge in [-0.25, -0.2) is 0 Å². The van der Waals surface area contributed by atoms with Crippen molar-refractivity contribution in [1.82, 2.24) is 5.32 Å². The first-order valence-electron chi connectivity index (χ1n) is 6.28.